The average Bonchev–Trinajstić information content (AvgIpc) is 3.41. The minimum atomic E-state index is -0.280. The van der Waals surface area contributed by atoms with Gasteiger partial charge in [-0.15, -0.1) is 0 Å². The molecule has 24 heavy (non-hydrogen) atoms. The van der Waals surface area contributed by atoms with Crippen molar-refractivity contribution in [1.29, 1.82) is 5.26 Å². The number of fused-ring (bicyclic) bond motifs is 1. The van der Waals surface area contributed by atoms with Crippen LogP contribution in [0.15, 0.2) is 10.9 Å². The third-order valence-electron chi connectivity index (χ3n) is 5.02. The van der Waals surface area contributed by atoms with Crippen LogP contribution in [-0.2, 0) is 7.05 Å². The Morgan fingerprint density at radius 1 is 1.33 bits per heavy atom. The molecule has 2 aromatic heterocycles. The lowest BCUT2D eigenvalue weighted by Gasteiger charge is -2.29. The van der Waals surface area contributed by atoms with Gasteiger partial charge in [-0.25, -0.2) is 4.98 Å². The van der Waals surface area contributed by atoms with Crippen molar-refractivity contribution in [1.82, 2.24) is 19.7 Å². The molecule has 1 aliphatic heterocycles. The zero-order valence-electron chi connectivity index (χ0n) is 13.6. The van der Waals surface area contributed by atoms with Gasteiger partial charge in [0.1, 0.15) is 0 Å². The normalized spacial score (nSPS) is 18.8. The van der Waals surface area contributed by atoms with Crippen molar-refractivity contribution in [3.05, 3.63) is 27.7 Å². The predicted octanol–water partition coefficient (Wildman–Crippen LogP) is 1.51. The van der Waals surface area contributed by atoms with E-state index in [1.165, 1.54) is 0 Å². The Morgan fingerprint density at radius 2 is 2.04 bits per heavy atom. The SMILES string of the molecule is Cn1[nH]c(=O)c2c(C(=O)N3CCC(C#N)CC3)cc(C3CC3)nc21. The van der Waals surface area contributed by atoms with E-state index < -0.39 is 0 Å². The van der Waals surface area contributed by atoms with Crippen LogP contribution in [0.1, 0.15) is 47.7 Å². The molecule has 1 aliphatic carbocycles. The minimum Gasteiger partial charge on any atom is -0.339 e. The van der Waals surface area contributed by atoms with Crippen LogP contribution in [0.5, 0.6) is 0 Å². The zero-order chi connectivity index (χ0) is 16.8. The molecular weight excluding hydrogens is 306 g/mol. The van der Waals surface area contributed by atoms with Crippen molar-refractivity contribution < 1.29 is 4.79 Å². The van der Waals surface area contributed by atoms with Gasteiger partial charge in [-0.3, -0.25) is 19.4 Å². The van der Waals surface area contributed by atoms with Gasteiger partial charge < -0.3 is 4.90 Å². The van der Waals surface area contributed by atoms with Crippen LogP contribution in [-0.4, -0.2) is 38.7 Å². The number of pyridine rings is 1. The number of nitrogens with one attached hydrogen (secondary N) is 1. The number of hydrogen-bond acceptors (Lipinski definition) is 4. The third kappa shape index (κ3) is 2.39. The Bertz CT molecular complexity index is 907. The number of aromatic nitrogens is 3. The summed E-state index contributed by atoms with van der Waals surface area (Å²) in [5.41, 5.74) is 1.60. The summed E-state index contributed by atoms with van der Waals surface area (Å²) in [6.45, 7) is 1.12. The molecule has 0 bridgehead atoms. The van der Waals surface area contributed by atoms with E-state index in [1.807, 2.05) is 0 Å². The van der Waals surface area contributed by atoms with Crippen LogP contribution in [0.2, 0.25) is 0 Å². The molecule has 7 nitrogen and oxygen atoms in total. The van der Waals surface area contributed by atoms with Crippen LogP contribution in [0.3, 0.4) is 0 Å². The monoisotopic (exact) mass is 325 g/mol. The molecule has 0 unspecified atom stereocenters. The molecule has 0 atom stereocenters. The molecule has 1 saturated carbocycles. The fraction of sp³-hybridized carbons (Fsp3) is 0.529. The van der Waals surface area contributed by atoms with Gasteiger partial charge >= 0.3 is 0 Å². The zero-order valence-corrected chi connectivity index (χ0v) is 13.6. The number of nitriles is 1. The number of likely N-dealkylation sites (tertiary alicyclic amines) is 1. The van der Waals surface area contributed by atoms with Crippen molar-refractivity contribution in [3.8, 4) is 6.07 Å². The van der Waals surface area contributed by atoms with Crippen molar-refractivity contribution in [2.24, 2.45) is 13.0 Å². The highest BCUT2D eigenvalue weighted by atomic mass is 16.2. The molecule has 0 aromatic carbocycles. The molecule has 7 heteroatoms. The number of rotatable bonds is 2. The van der Waals surface area contributed by atoms with Crippen molar-refractivity contribution in [3.63, 3.8) is 0 Å². The molecule has 1 N–H and O–H groups in total. The Labute approximate surface area is 138 Å². The Hall–Kier alpha value is -2.62. The van der Waals surface area contributed by atoms with Gasteiger partial charge in [0, 0.05) is 37.7 Å². The van der Waals surface area contributed by atoms with E-state index >= 15 is 0 Å². The number of amides is 1. The van der Waals surface area contributed by atoms with E-state index in [0.717, 1.165) is 18.5 Å². The maximum absolute atomic E-state index is 13.0. The van der Waals surface area contributed by atoms with Crippen molar-refractivity contribution in [2.45, 2.75) is 31.6 Å². The van der Waals surface area contributed by atoms with Crippen LogP contribution >= 0.6 is 0 Å². The first kappa shape index (κ1) is 14.9. The first-order valence-corrected chi connectivity index (χ1v) is 8.37. The molecule has 0 radical (unpaired) electrons. The number of carbonyl (C=O) groups excluding carboxylic acids is 1. The van der Waals surface area contributed by atoms with Crippen LogP contribution in [0.4, 0.5) is 0 Å². The molecule has 2 aromatic rings. The van der Waals surface area contributed by atoms with Crippen LogP contribution < -0.4 is 5.56 Å². The highest BCUT2D eigenvalue weighted by Gasteiger charge is 2.31. The number of carbonyl (C=O) groups is 1. The number of aromatic amines is 1. The third-order valence-corrected chi connectivity index (χ3v) is 5.02. The fourth-order valence-electron chi connectivity index (χ4n) is 3.42. The van der Waals surface area contributed by atoms with E-state index in [2.05, 4.69) is 16.2 Å². The Kier molecular flexibility index (Phi) is 3.41. The molecule has 1 saturated heterocycles. The van der Waals surface area contributed by atoms with Crippen LogP contribution in [0.25, 0.3) is 11.0 Å². The average molecular weight is 325 g/mol. The van der Waals surface area contributed by atoms with Gasteiger partial charge in [-0.05, 0) is 31.7 Å². The molecule has 2 fully saturated rings. The molecular formula is C17H19N5O2. The number of H-pyrrole nitrogens is 1. The standard InChI is InChI=1S/C17H19N5O2/c1-21-15-14(16(23)20-21)12(8-13(19-15)11-2-3-11)17(24)22-6-4-10(9-18)5-7-22/h8,10-11H,2-7H2,1H3,(H,20,23). The summed E-state index contributed by atoms with van der Waals surface area (Å²) in [5, 5.41) is 12.1. The van der Waals surface area contributed by atoms with Crippen molar-refractivity contribution in [2.75, 3.05) is 13.1 Å². The van der Waals surface area contributed by atoms with Gasteiger partial charge in [0.15, 0.2) is 5.65 Å². The Morgan fingerprint density at radius 3 is 2.67 bits per heavy atom. The van der Waals surface area contributed by atoms with Gasteiger partial charge in [-0.2, -0.15) is 5.26 Å². The number of piperidine rings is 1. The summed E-state index contributed by atoms with van der Waals surface area (Å²) < 4.78 is 1.59. The largest absolute Gasteiger partial charge is 0.339 e. The second kappa shape index (κ2) is 5.48. The molecule has 4 rings (SSSR count). The number of aryl methyl sites for hydroxylation is 1. The quantitative estimate of drug-likeness (QED) is 0.905. The van der Waals surface area contributed by atoms with Crippen molar-refractivity contribution >= 4 is 16.9 Å². The first-order chi connectivity index (χ1) is 11.6. The molecule has 1 amide bonds. The number of hydrogen-bond donors (Lipinski definition) is 1. The molecule has 2 aliphatic rings. The van der Waals surface area contributed by atoms with Crippen LogP contribution in [0, 0.1) is 17.2 Å². The maximum atomic E-state index is 13.0. The summed E-state index contributed by atoms with van der Waals surface area (Å²) in [5.74, 6) is 0.293. The summed E-state index contributed by atoms with van der Waals surface area (Å²) >= 11 is 0. The highest BCUT2D eigenvalue weighted by Crippen LogP contribution is 2.40. The lowest BCUT2D eigenvalue weighted by molar-refractivity contribution is 0.0709. The smallest absolute Gasteiger partial charge is 0.274 e. The second-order valence-electron chi connectivity index (χ2n) is 6.76. The first-order valence-electron chi connectivity index (χ1n) is 8.37. The summed E-state index contributed by atoms with van der Waals surface area (Å²) in [6.07, 6.45) is 3.55. The van der Waals surface area contributed by atoms with E-state index in [9.17, 15) is 9.59 Å². The summed E-state index contributed by atoms with van der Waals surface area (Å²) in [7, 11) is 1.74. The second-order valence-corrected chi connectivity index (χ2v) is 6.76. The number of nitrogens with zero attached hydrogens (tertiary/aromatic N) is 4. The fourth-order valence-corrected chi connectivity index (χ4v) is 3.42. The molecule has 124 valence electrons. The minimum absolute atomic E-state index is 0.0219. The van der Waals surface area contributed by atoms with Gasteiger partial charge in [-0.1, -0.05) is 0 Å². The highest BCUT2D eigenvalue weighted by molar-refractivity contribution is 6.05. The van der Waals surface area contributed by atoms with E-state index in [0.29, 0.717) is 48.4 Å². The van der Waals surface area contributed by atoms with E-state index in [4.69, 9.17) is 5.26 Å². The Balaban J connectivity index is 1.76. The summed E-state index contributed by atoms with van der Waals surface area (Å²) in [6, 6.07) is 4.07. The molecule has 0 spiro atoms. The lowest BCUT2D eigenvalue weighted by Crippen LogP contribution is -2.38. The van der Waals surface area contributed by atoms with Gasteiger partial charge in [0.25, 0.3) is 11.5 Å². The maximum Gasteiger partial charge on any atom is 0.274 e. The van der Waals surface area contributed by atoms with E-state index in [-0.39, 0.29) is 17.4 Å². The van der Waals surface area contributed by atoms with E-state index in [1.54, 1.807) is 22.7 Å². The summed E-state index contributed by atoms with van der Waals surface area (Å²) in [4.78, 5) is 31.6. The topological polar surface area (TPSA) is 94.8 Å². The predicted molar refractivity (Wildman–Crippen MR) is 87.6 cm³/mol. The molecule has 3 heterocycles. The van der Waals surface area contributed by atoms with Gasteiger partial charge in [0.2, 0.25) is 0 Å². The van der Waals surface area contributed by atoms with Gasteiger partial charge in [0.05, 0.1) is 17.0 Å². The lowest BCUT2D eigenvalue weighted by atomic mass is 9.97.